The smallest absolute Gasteiger partial charge is 0.0441 e. The standard InChI is InChI=1S/C16H20ClNS/c1-10(2)16(18-4)15-9-8-14(19-15)12-6-5-7-13(17)11(12)3/h5-10,16,18H,1-4H3. The van der Waals surface area contributed by atoms with Gasteiger partial charge in [0.2, 0.25) is 0 Å². The molecule has 3 heteroatoms. The van der Waals surface area contributed by atoms with Crippen molar-refractivity contribution in [3.05, 3.63) is 45.8 Å². The molecule has 1 heterocycles. The van der Waals surface area contributed by atoms with Crippen molar-refractivity contribution in [2.24, 2.45) is 5.92 Å². The van der Waals surface area contributed by atoms with Crippen molar-refractivity contribution in [1.82, 2.24) is 5.32 Å². The summed E-state index contributed by atoms with van der Waals surface area (Å²) in [6, 6.07) is 10.9. The van der Waals surface area contributed by atoms with Crippen molar-refractivity contribution in [3.63, 3.8) is 0 Å². The van der Waals surface area contributed by atoms with E-state index in [1.54, 1.807) is 0 Å². The molecule has 19 heavy (non-hydrogen) atoms. The second-order valence-corrected chi connectivity index (χ2v) is 6.65. The maximum absolute atomic E-state index is 6.20. The Balaban J connectivity index is 2.38. The van der Waals surface area contributed by atoms with Crippen LogP contribution in [0.3, 0.4) is 0 Å². The molecule has 0 bridgehead atoms. The van der Waals surface area contributed by atoms with Gasteiger partial charge in [-0.1, -0.05) is 37.6 Å². The average Bonchev–Trinajstić information content (AvgIpc) is 2.82. The van der Waals surface area contributed by atoms with Gasteiger partial charge in [-0.15, -0.1) is 11.3 Å². The van der Waals surface area contributed by atoms with E-state index in [4.69, 9.17) is 11.6 Å². The molecular formula is C16H20ClNS. The van der Waals surface area contributed by atoms with Crippen LogP contribution in [-0.4, -0.2) is 7.05 Å². The molecule has 2 aromatic rings. The maximum atomic E-state index is 6.20. The monoisotopic (exact) mass is 293 g/mol. The molecule has 2 rings (SSSR count). The fourth-order valence-corrected chi connectivity index (χ4v) is 3.89. The number of halogens is 1. The van der Waals surface area contributed by atoms with Crippen molar-refractivity contribution in [2.75, 3.05) is 7.05 Å². The van der Waals surface area contributed by atoms with Gasteiger partial charge in [-0.05, 0) is 49.2 Å². The van der Waals surface area contributed by atoms with E-state index in [1.807, 2.05) is 30.5 Å². The number of hydrogen-bond donors (Lipinski definition) is 1. The Labute approximate surface area is 124 Å². The Hall–Kier alpha value is -0.830. The van der Waals surface area contributed by atoms with Gasteiger partial charge in [0.1, 0.15) is 0 Å². The van der Waals surface area contributed by atoms with Crippen LogP contribution in [0.2, 0.25) is 5.02 Å². The highest BCUT2D eigenvalue weighted by Gasteiger charge is 2.16. The topological polar surface area (TPSA) is 12.0 Å². The number of rotatable bonds is 4. The van der Waals surface area contributed by atoms with Gasteiger partial charge in [0.15, 0.2) is 0 Å². The molecule has 1 atom stereocenters. The molecule has 1 nitrogen and oxygen atoms in total. The molecule has 102 valence electrons. The molecule has 0 fully saturated rings. The number of benzene rings is 1. The molecule has 1 unspecified atom stereocenters. The number of hydrogen-bond acceptors (Lipinski definition) is 2. The molecule has 1 aromatic carbocycles. The van der Waals surface area contributed by atoms with Crippen molar-refractivity contribution >= 4 is 22.9 Å². The minimum Gasteiger partial charge on any atom is -0.312 e. The summed E-state index contributed by atoms with van der Waals surface area (Å²) < 4.78 is 0. The lowest BCUT2D eigenvalue weighted by atomic mass is 10.0. The highest BCUT2D eigenvalue weighted by Crippen LogP contribution is 2.36. The van der Waals surface area contributed by atoms with E-state index in [9.17, 15) is 0 Å². The van der Waals surface area contributed by atoms with E-state index in [1.165, 1.54) is 15.3 Å². The fraction of sp³-hybridized carbons (Fsp3) is 0.375. The quantitative estimate of drug-likeness (QED) is 0.807. The second-order valence-electron chi connectivity index (χ2n) is 5.12. The first kappa shape index (κ1) is 14.6. The van der Waals surface area contributed by atoms with Gasteiger partial charge in [-0.2, -0.15) is 0 Å². The summed E-state index contributed by atoms with van der Waals surface area (Å²) in [6.07, 6.45) is 0. The highest BCUT2D eigenvalue weighted by molar-refractivity contribution is 7.15. The molecule has 0 radical (unpaired) electrons. The van der Waals surface area contributed by atoms with Gasteiger partial charge >= 0.3 is 0 Å². The van der Waals surface area contributed by atoms with Gasteiger partial charge in [0.25, 0.3) is 0 Å². The van der Waals surface area contributed by atoms with E-state index in [0.29, 0.717) is 12.0 Å². The van der Waals surface area contributed by atoms with E-state index in [0.717, 1.165) is 10.6 Å². The fourth-order valence-electron chi connectivity index (χ4n) is 2.34. The average molecular weight is 294 g/mol. The summed E-state index contributed by atoms with van der Waals surface area (Å²) >= 11 is 8.05. The zero-order valence-electron chi connectivity index (χ0n) is 11.8. The minimum atomic E-state index is 0.415. The van der Waals surface area contributed by atoms with Crippen LogP contribution in [0.5, 0.6) is 0 Å². The Kier molecular flexibility index (Phi) is 4.67. The van der Waals surface area contributed by atoms with Gasteiger partial charge in [-0.25, -0.2) is 0 Å². The first-order valence-electron chi connectivity index (χ1n) is 6.57. The maximum Gasteiger partial charge on any atom is 0.0441 e. The zero-order valence-corrected chi connectivity index (χ0v) is 13.4. The predicted octanol–water partition coefficient (Wildman–Crippen LogP) is 5.29. The van der Waals surface area contributed by atoms with Crippen LogP contribution in [0.4, 0.5) is 0 Å². The third-order valence-electron chi connectivity index (χ3n) is 3.44. The summed E-state index contributed by atoms with van der Waals surface area (Å²) in [5.74, 6) is 0.581. The van der Waals surface area contributed by atoms with Crippen molar-refractivity contribution < 1.29 is 0 Å². The molecule has 0 spiro atoms. The summed E-state index contributed by atoms with van der Waals surface area (Å²) in [6.45, 7) is 6.56. The Morgan fingerprint density at radius 2 is 1.89 bits per heavy atom. The first-order chi connectivity index (χ1) is 9.04. The molecule has 0 amide bonds. The van der Waals surface area contributed by atoms with Crippen molar-refractivity contribution in [1.29, 1.82) is 0 Å². The Morgan fingerprint density at radius 1 is 1.16 bits per heavy atom. The Bertz CT molecular complexity index is 560. The molecular weight excluding hydrogens is 274 g/mol. The first-order valence-corrected chi connectivity index (χ1v) is 7.76. The molecule has 1 aromatic heterocycles. The van der Waals surface area contributed by atoms with Crippen molar-refractivity contribution in [3.8, 4) is 10.4 Å². The predicted molar refractivity (Wildman–Crippen MR) is 86.1 cm³/mol. The van der Waals surface area contributed by atoms with Crippen LogP contribution in [0.1, 0.15) is 30.3 Å². The zero-order chi connectivity index (χ0) is 14.0. The largest absolute Gasteiger partial charge is 0.312 e. The van der Waals surface area contributed by atoms with Gasteiger partial charge < -0.3 is 5.32 Å². The summed E-state index contributed by atoms with van der Waals surface area (Å²) in [4.78, 5) is 2.67. The number of thiophene rings is 1. The molecule has 0 aliphatic heterocycles. The van der Waals surface area contributed by atoms with Crippen LogP contribution in [0, 0.1) is 12.8 Å². The third kappa shape index (κ3) is 3.02. The highest BCUT2D eigenvalue weighted by atomic mass is 35.5. The van der Waals surface area contributed by atoms with E-state index in [2.05, 4.69) is 44.3 Å². The van der Waals surface area contributed by atoms with Crippen LogP contribution < -0.4 is 5.32 Å². The van der Waals surface area contributed by atoms with Crippen LogP contribution in [0.15, 0.2) is 30.3 Å². The SMILES string of the molecule is CNC(c1ccc(-c2cccc(Cl)c2C)s1)C(C)C. The lowest BCUT2D eigenvalue weighted by Crippen LogP contribution is -2.20. The van der Waals surface area contributed by atoms with Crippen LogP contribution >= 0.6 is 22.9 Å². The summed E-state index contributed by atoms with van der Waals surface area (Å²) in [5, 5.41) is 4.23. The molecule has 0 saturated heterocycles. The van der Waals surface area contributed by atoms with Crippen LogP contribution in [-0.2, 0) is 0 Å². The minimum absolute atomic E-state index is 0.415. The summed E-state index contributed by atoms with van der Waals surface area (Å²) in [7, 11) is 2.02. The van der Waals surface area contributed by atoms with E-state index >= 15 is 0 Å². The molecule has 0 aliphatic carbocycles. The molecule has 0 aliphatic rings. The van der Waals surface area contributed by atoms with E-state index in [-0.39, 0.29) is 0 Å². The van der Waals surface area contributed by atoms with Gasteiger partial charge in [0, 0.05) is 20.8 Å². The normalized spacial score (nSPS) is 12.9. The Morgan fingerprint density at radius 3 is 2.53 bits per heavy atom. The summed E-state index contributed by atoms with van der Waals surface area (Å²) in [5.41, 5.74) is 2.39. The molecule has 1 N–H and O–H groups in total. The lowest BCUT2D eigenvalue weighted by Gasteiger charge is -2.18. The second kappa shape index (κ2) is 6.08. The van der Waals surface area contributed by atoms with Gasteiger partial charge in [-0.3, -0.25) is 0 Å². The van der Waals surface area contributed by atoms with Crippen molar-refractivity contribution in [2.45, 2.75) is 26.8 Å². The molecule has 0 saturated carbocycles. The van der Waals surface area contributed by atoms with Gasteiger partial charge in [0.05, 0.1) is 0 Å². The number of nitrogens with one attached hydrogen (secondary N) is 1. The van der Waals surface area contributed by atoms with Crippen LogP contribution in [0.25, 0.3) is 10.4 Å². The van der Waals surface area contributed by atoms with E-state index < -0.39 is 0 Å². The lowest BCUT2D eigenvalue weighted by molar-refractivity contribution is 0.449. The third-order valence-corrected chi connectivity index (χ3v) is 5.06.